The lowest BCUT2D eigenvalue weighted by Gasteiger charge is -2.09. The molecule has 1 rings (SSSR count). The molecule has 0 bridgehead atoms. The van der Waals surface area contributed by atoms with Gasteiger partial charge < -0.3 is 10.1 Å². The quantitative estimate of drug-likeness (QED) is 0.810. The largest absolute Gasteiger partial charge is 0.482 e. The highest BCUT2D eigenvalue weighted by Gasteiger charge is 2.07. The van der Waals surface area contributed by atoms with E-state index in [1.807, 2.05) is 0 Å². The number of amides is 1. The molecule has 1 N–H and O–H groups in total. The van der Waals surface area contributed by atoms with Crippen molar-refractivity contribution < 1.29 is 9.53 Å². The Labute approximate surface area is 111 Å². The van der Waals surface area contributed by atoms with Crippen molar-refractivity contribution >= 4 is 29.1 Å². The van der Waals surface area contributed by atoms with Gasteiger partial charge in [0.25, 0.3) is 5.91 Å². The van der Waals surface area contributed by atoms with Crippen LogP contribution in [0, 0.1) is 0 Å². The van der Waals surface area contributed by atoms with E-state index in [4.69, 9.17) is 27.9 Å². The summed E-state index contributed by atoms with van der Waals surface area (Å²) in [5.74, 6) is 0.263. The number of rotatable bonds is 6. The summed E-state index contributed by atoms with van der Waals surface area (Å²) in [6.45, 7) is 2.68. The summed E-state index contributed by atoms with van der Waals surface area (Å²) in [6.07, 6.45) is 2.00. The van der Waals surface area contributed by atoms with Crippen LogP contribution in [0.2, 0.25) is 10.0 Å². The minimum atomic E-state index is -0.158. The SMILES string of the molecule is CCCCNC(=O)COc1cccc(Cl)c1Cl. The molecule has 3 nitrogen and oxygen atoms in total. The van der Waals surface area contributed by atoms with Crippen LogP contribution in [0.25, 0.3) is 0 Å². The normalized spacial score (nSPS) is 10.1. The molecule has 0 aromatic heterocycles. The average molecular weight is 276 g/mol. The monoisotopic (exact) mass is 275 g/mol. The smallest absolute Gasteiger partial charge is 0.257 e. The number of hydrogen-bond donors (Lipinski definition) is 1. The number of benzene rings is 1. The molecule has 0 aliphatic carbocycles. The number of unbranched alkanes of at least 4 members (excludes halogenated alkanes) is 1. The van der Waals surface area contributed by atoms with Gasteiger partial charge in [-0.25, -0.2) is 0 Å². The Kier molecular flexibility index (Phi) is 6.16. The number of halogens is 2. The van der Waals surface area contributed by atoms with Gasteiger partial charge in [-0.1, -0.05) is 42.6 Å². The second-order valence-electron chi connectivity index (χ2n) is 3.54. The van der Waals surface area contributed by atoms with Gasteiger partial charge in [0.15, 0.2) is 6.61 Å². The molecule has 1 aromatic carbocycles. The number of carbonyl (C=O) groups is 1. The molecule has 0 radical (unpaired) electrons. The highest BCUT2D eigenvalue weighted by atomic mass is 35.5. The first-order valence-electron chi connectivity index (χ1n) is 5.48. The molecule has 0 aliphatic rings. The standard InChI is InChI=1S/C12H15Cl2NO2/c1-2-3-7-15-11(16)8-17-10-6-4-5-9(13)12(10)14/h4-6H,2-3,7-8H2,1H3,(H,15,16). The van der Waals surface area contributed by atoms with Crippen LogP contribution < -0.4 is 10.1 Å². The maximum absolute atomic E-state index is 11.4. The zero-order valence-electron chi connectivity index (χ0n) is 9.63. The second kappa shape index (κ2) is 7.41. The number of hydrogen-bond acceptors (Lipinski definition) is 2. The highest BCUT2D eigenvalue weighted by molar-refractivity contribution is 6.42. The minimum Gasteiger partial charge on any atom is -0.482 e. The molecule has 0 aliphatic heterocycles. The third-order valence-corrected chi connectivity index (χ3v) is 2.93. The van der Waals surface area contributed by atoms with Gasteiger partial charge in [-0.15, -0.1) is 0 Å². The van der Waals surface area contributed by atoms with Crippen LogP contribution >= 0.6 is 23.2 Å². The Hall–Kier alpha value is -0.930. The molecular weight excluding hydrogens is 261 g/mol. The van der Waals surface area contributed by atoms with Gasteiger partial charge >= 0.3 is 0 Å². The maximum atomic E-state index is 11.4. The molecule has 17 heavy (non-hydrogen) atoms. The third-order valence-electron chi connectivity index (χ3n) is 2.13. The van der Waals surface area contributed by atoms with Gasteiger partial charge in [0.2, 0.25) is 0 Å². The van der Waals surface area contributed by atoms with Crippen LogP contribution in [-0.2, 0) is 4.79 Å². The zero-order chi connectivity index (χ0) is 12.7. The minimum absolute atomic E-state index is 0.0518. The molecule has 0 heterocycles. The second-order valence-corrected chi connectivity index (χ2v) is 4.33. The van der Waals surface area contributed by atoms with Crippen LogP contribution in [0.1, 0.15) is 19.8 Å². The summed E-state index contributed by atoms with van der Waals surface area (Å²) in [7, 11) is 0. The highest BCUT2D eigenvalue weighted by Crippen LogP contribution is 2.31. The van der Waals surface area contributed by atoms with E-state index in [1.165, 1.54) is 0 Å². The Balaban J connectivity index is 2.39. The van der Waals surface area contributed by atoms with Crippen molar-refractivity contribution in [3.8, 4) is 5.75 Å². The van der Waals surface area contributed by atoms with Gasteiger partial charge in [-0.05, 0) is 18.6 Å². The molecule has 0 unspecified atom stereocenters. The molecule has 0 spiro atoms. The average Bonchev–Trinajstić information content (AvgIpc) is 2.31. The van der Waals surface area contributed by atoms with E-state index in [1.54, 1.807) is 18.2 Å². The van der Waals surface area contributed by atoms with E-state index in [-0.39, 0.29) is 12.5 Å². The predicted molar refractivity (Wildman–Crippen MR) is 69.9 cm³/mol. The molecule has 94 valence electrons. The van der Waals surface area contributed by atoms with Gasteiger partial charge in [-0.2, -0.15) is 0 Å². The summed E-state index contributed by atoms with van der Waals surface area (Å²) in [5.41, 5.74) is 0. The Morgan fingerprint density at radius 2 is 2.18 bits per heavy atom. The van der Waals surface area contributed by atoms with Gasteiger partial charge in [-0.3, -0.25) is 4.79 Å². The summed E-state index contributed by atoms with van der Waals surface area (Å²) in [6, 6.07) is 5.06. The van der Waals surface area contributed by atoms with E-state index in [9.17, 15) is 4.79 Å². The molecule has 0 atom stereocenters. The van der Waals surface area contributed by atoms with Crippen molar-refractivity contribution in [2.24, 2.45) is 0 Å². The molecule has 0 saturated carbocycles. The lowest BCUT2D eigenvalue weighted by atomic mass is 10.3. The molecule has 0 saturated heterocycles. The fourth-order valence-corrected chi connectivity index (χ4v) is 1.54. The first kappa shape index (κ1) is 14.1. The van der Waals surface area contributed by atoms with Gasteiger partial charge in [0, 0.05) is 6.54 Å². The first-order chi connectivity index (χ1) is 8.15. The molecular formula is C12H15Cl2NO2. The summed E-state index contributed by atoms with van der Waals surface area (Å²) in [4.78, 5) is 11.4. The van der Waals surface area contributed by atoms with Crippen LogP contribution in [-0.4, -0.2) is 19.1 Å². The Morgan fingerprint density at radius 1 is 1.41 bits per heavy atom. The van der Waals surface area contributed by atoms with Crippen molar-refractivity contribution in [1.82, 2.24) is 5.32 Å². The summed E-state index contributed by atoms with van der Waals surface area (Å²) in [5, 5.41) is 3.49. The van der Waals surface area contributed by atoms with E-state index in [0.29, 0.717) is 22.3 Å². The first-order valence-corrected chi connectivity index (χ1v) is 6.24. The van der Waals surface area contributed by atoms with Gasteiger partial charge in [0.1, 0.15) is 10.8 Å². The lowest BCUT2D eigenvalue weighted by molar-refractivity contribution is -0.123. The van der Waals surface area contributed by atoms with Crippen molar-refractivity contribution in [3.05, 3.63) is 28.2 Å². The maximum Gasteiger partial charge on any atom is 0.257 e. The van der Waals surface area contributed by atoms with Crippen molar-refractivity contribution in [2.45, 2.75) is 19.8 Å². The summed E-state index contributed by atoms with van der Waals surface area (Å²) >= 11 is 11.7. The molecule has 1 aromatic rings. The van der Waals surface area contributed by atoms with Crippen LogP contribution in [0.4, 0.5) is 0 Å². The fraction of sp³-hybridized carbons (Fsp3) is 0.417. The molecule has 1 amide bonds. The third kappa shape index (κ3) is 4.84. The van der Waals surface area contributed by atoms with Crippen LogP contribution in [0.3, 0.4) is 0 Å². The van der Waals surface area contributed by atoms with E-state index in [2.05, 4.69) is 12.2 Å². The topological polar surface area (TPSA) is 38.3 Å². The van der Waals surface area contributed by atoms with Crippen LogP contribution in [0.15, 0.2) is 18.2 Å². The molecule has 5 heteroatoms. The molecule has 0 fully saturated rings. The predicted octanol–water partition coefficient (Wildman–Crippen LogP) is 3.29. The Bertz CT molecular complexity index is 383. The van der Waals surface area contributed by atoms with E-state index < -0.39 is 0 Å². The van der Waals surface area contributed by atoms with E-state index in [0.717, 1.165) is 12.8 Å². The number of carbonyl (C=O) groups excluding carboxylic acids is 1. The van der Waals surface area contributed by atoms with Gasteiger partial charge in [0.05, 0.1) is 5.02 Å². The van der Waals surface area contributed by atoms with Crippen molar-refractivity contribution in [1.29, 1.82) is 0 Å². The summed E-state index contributed by atoms with van der Waals surface area (Å²) < 4.78 is 5.28. The fourth-order valence-electron chi connectivity index (χ4n) is 1.19. The van der Waals surface area contributed by atoms with Crippen LogP contribution in [0.5, 0.6) is 5.75 Å². The number of ether oxygens (including phenoxy) is 1. The van der Waals surface area contributed by atoms with E-state index >= 15 is 0 Å². The van der Waals surface area contributed by atoms with Crippen molar-refractivity contribution in [2.75, 3.05) is 13.2 Å². The Morgan fingerprint density at radius 3 is 2.88 bits per heavy atom. The van der Waals surface area contributed by atoms with Crippen molar-refractivity contribution in [3.63, 3.8) is 0 Å². The zero-order valence-corrected chi connectivity index (χ0v) is 11.1. The number of nitrogens with one attached hydrogen (secondary N) is 1. The lowest BCUT2D eigenvalue weighted by Crippen LogP contribution is -2.29.